The van der Waals surface area contributed by atoms with E-state index in [2.05, 4.69) is 4.98 Å². The average Bonchev–Trinajstić information content (AvgIpc) is 2.14. The number of aromatic nitrogens is 1. The van der Waals surface area contributed by atoms with Crippen molar-refractivity contribution in [1.82, 2.24) is 4.98 Å². The standard InChI is InChI=1S/C7H2F5IN2O2/c8-6(9)4-2(13)1-3(15(16)17)14-5(4)7(10,11)12/h1,6H. The predicted molar refractivity (Wildman–Crippen MR) is 53.6 cm³/mol. The average molecular weight is 368 g/mol. The fourth-order valence-electron chi connectivity index (χ4n) is 1.03. The summed E-state index contributed by atoms with van der Waals surface area (Å²) < 4.78 is 61.6. The molecule has 0 atom stereocenters. The van der Waals surface area contributed by atoms with E-state index in [0.717, 1.165) is 0 Å². The predicted octanol–water partition coefficient (Wildman–Crippen LogP) is 3.55. The third-order valence-electron chi connectivity index (χ3n) is 1.67. The molecule has 0 bridgehead atoms. The van der Waals surface area contributed by atoms with Gasteiger partial charge in [-0.15, -0.1) is 0 Å². The molecule has 1 rings (SSSR count). The molecule has 0 radical (unpaired) electrons. The first-order valence-corrected chi connectivity index (χ1v) is 4.92. The van der Waals surface area contributed by atoms with Gasteiger partial charge in [-0.1, -0.05) is 0 Å². The van der Waals surface area contributed by atoms with Crippen LogP contribution < -0.4 is 0 Å². The Morgan fingerprint density at radius 2 is 1.94 bits per heavy atom. The molecule has 0 aliphatic heterocycles. The van der Waals surface area contributed by atoms with E-state index in [4.69, 9.17) is 0 Å². The van der Waals surface area contributed by atoms with E-state index >= 15 is 0 Å². The van der Waals surface area contributed by atoms with Gasteiger partial charge in [0.25, 0.3) is 12.1 Å². The minimum absolute atomic E-state index is 0.549. The van der Waals surface area contributed by atoms with Crippen molar-refractivity contribution < 1.29 is 26.9 Å². The van der Waals surface area contributed by atoms with E-state index in [1.54, 1.807) is 0 Å². The Morgan fingerprint density at radius 1 is 1.41 bits per heavy atom. The van der Waals surface area contributed by atoms with Crippen LogP contribution in [0.3, 0.4) is 0 Å². The lowest BCUT2D eigenvalue weighted by Gasteiger charge is -2.09. The van der Waals surface area contributed by atoms with Gasteiger partial charge in [-0.2, -0.15) is 13.2 Å². The summed E-state index contributed by atoms with van der Waals surface area (Å²) in [6.07, 6.45) is -8.58. The van der Waals surface area contributed by atoms with Crippen LogP contribution in [0.5, 0.6) is 0 Å². The van der Waals surface area contributed by atoms with Gasteiger partial charge in [0.15, 0.2) is 0 Å². The zero-order valence-electron chi connectivity index (χ0n) is 7.63. The summed E-state index contributed by atoms with van der Waals surface area (Å²) >= 11 is 1.18. The van der Waals surface area contributed by atoms with Gasteiger partial charge in [0.2, 0.25) is 0 Å². The maximum Gasteiger partial charge on any atom is 0.458 e. The largest absolute Gasteiger partial charge is 0.458 e. The smallest absolute Gasteiger partial charge is 0.358 e. The zero-order valence-corrected chi connectivity index (χ0v) is 9.79. The first-order valence-electron chi connectivity index (χ1n) is 3.84. The maximum atomic E-state index is 12.4. The van der Waals surface area contributed by atoms with Crippen LogP contribution in [0.4, 0.5) is 27.8 Å². The summed E-state index contributed by atoms with van der Waals surface area (Å²) in [5.41, 5.74) is -3.27. The Balaban J connectivity index is 3.57. The van der Waals surface area contributed by atoms with Gasteiger partial charge < -0.3 is 10.1 Å². The molecule has 0 fully saturated rings. The number of rotatable bonds is 2. The van der Waals surface area contributed by atoms with Gasteiger partial charge >= 0.3 is 12.0 Å². The first kappa shape index (κ1) is 14.0. The lowest BCUT2D eigenvalue weighted by atomic mass is 10.2. The van der Waals surface area contributed by atoms with Crippen LogP contribution in [0.15, 0.2) is 6.07 Å². The lowest BCUT2D eigenvalue weighted by molar-refractivity contribution is -0.390. The fraction of sp³-hybridized carbons (Fsp3) is 0.286. The summed E-state index contributed by atoms with van der Waals surface area (Å²) in [5, 5.41) is 10.3. The number of halogens is 6. The fourth-order valence-corrected chi connectivity index (χ4v) is 1.80. The molecular weight excluding hydrogens is 366 g/mol. The van der Waals surface area contributed by atoms with E-state index in [1.807, 2.05) is 0 Å². The third kappa shape index (κ3) is 2.98. The highest BCUT2D eigenvalue weighted by Crippen LogP contribution is 2.38. The molecule has 1 aromatic rings. The highest BCUT2D eigenvalue weighted by Gasteiger charge is 2.44. The zero-order chi connectivity index (χ0) is 13.4. The Kier molecular flexibility index (Phi) is 3.84. The topological polar surface area (TPSA) is 56.0 Å². The normalized spacial score (nSPS) is 11.9. The van der Waals surface area contributed by atoms with Crippen LogP contribution in [-0.4, -0.2) is 9.91 Å². The molecule has 0 amide bonds. The van der Waals surface area contributed by atoms with Crippen molar-refractivity contribution in [2.75, 3.05) is 0 Å². The summed E-state index contributed by atoms with van der Waals surface area (Å²) in [6, 6.07) is 0.567. The molecule has 0 N–H and O–H groups in total. The van der Waals surface area contributed by atoms with Gasteiger partial charge in [-0.05, 0) is 32.5 Å². The van der Waals surface area contributed by atoms with E-state index in [0.29, 0.717) is 6.07 Å². The molecular formula is C7H2F5IN2O2. The molecule has 0 saturated heterocycles. The molecule has 94 valence electrons. The van der Waals surface area contributed by atoms with Gasteiger partial charge in [0.05, 0.1) is 5.56 Å². The molecule has 4 nitrogen and oxygen atoms in total. The molecule has 0 unspecified atom stereocenters. The Labute approximate surface area is 104 Å². The number of hydrogen-bond acceptors (Lipinski definition) is 3. The molecule has 0 aromatic carbocycles. The minimum atomic E-state index is -5.17. The van der Waals surface area contributed by atoms with Crippen molar-refractivity contribution in [3.8, 4) is 0 Å². The number of hydrogen-bond donors (Lipinski definition) is 0. The van der Waals surface area contributed by atoms with Gasteiger partial charge in [-0.25, -0.2) is 8.78 Å². The van der Waals surface area contributed by atoms with Crippen molar-refractivity contribution in [1.29, 1.82) is 0 Å². The number of nitrogens with zero attached hydrogens (tertiary/aromatic N) is 2. The Bertz CT molecular complexity index is 462. The molecule has 1 heterocycles. The highest BCUT2D eigenvalue weighted by molar-refractivity contribution is 14.1. The van der Waals surface area contributed by atoms with Crippen molar-refractivity contribution in [3.63, 3.8) is 0 Å². The summed E-state index contributed by atoms with van der Waals surface area (Å²) in [4.78, 5) is 11.7. The maximum absolute atomic E-state index is 12.4. The second-order valence-corrected chi connectivity index (χ2v) is 3.94. The van der Waals surface area contributed by atoms with Crippen molar-refractivity contribution in [2.24, 2.45) is 0 Å². The number of nitro groups is 1. The Hall–Kier alpha value is -1.07. The highest BCUT2D eigenvalue weighted by atomic mass is 127. The van der Waals surface area contributed by atoms with E-state index in [-0.39, 0.29) is 0 Å². The molecule has 0 aliphatic carbocycles. The quantitative estimate of drug-likeness (QED) is 0.347. The second kappa shape index (κ2) is 4.66. The van der Waals surface area contributed by atoms with E-state index < -0.39 is 38.2 Å². The van der Waals surface area contributed by atoms with Gasteiger partial charge in [0, 0.05) is 9.64 Å². The lowest BCUT2D eigenvalue weighted by Crippen LogP contribution is -2.15. The van der Waals surface area contributed by atoms with Crippen LogP contribution in [0, 0.1) is 13.7 Å². The summed E-state index contributed by atoms with van der Waals surface area (Å²) in [6.45, 7) is 0. The van der Waals surface area contributed by atoms with Crippen molar-refractivity contribution in [3.05, 3.63) is 31.0 Å². The van der Waals surface area contributed by atoms with Crippen molar-refractivity contribution >= 4 is 28.4 Å². The van der Waals surface area contributed by atoms with Gasteiger partial charge in [-0.3, -0.25) is 0 Å². The van der Waals surface area contributed by atoms with Crippen LogP contribution in [0.2, 0.25) is 0 Å². The Morgan fingerprint density at radius 3 is 2.29 bits per heavy atom. The molecule has 0 saturated carbocycles. The number of alkyl halides is 5. The summed E-state index contributed by atoms with van der Waals surface area (Å²) in [5.74, 6) is -1.12. The van der Waals surface area contributed by atoms with E-state index in [9.17, 15) is 32.1 Å². The monoisotopic (exact) mass is 368 g/mol. The van der Waals surface area contributed by atoms with E-state index in [1.165, 1.54) is 22.6 Å². The van der Waals surface area contributed by atoms with Crippen molar-refractivity contribution in [2.45, 2.75) is 12.6 Å². The van der Waals surface area contributed by atoms with Crippen LogP contribution in [0.25, 0.3) is 0 Å². The second-order valence-electron chi connectivity index (χ2n) is 2.78. The van der Waals surface area contributed by atoms with Crippen LogP contribution in [0.1, 0.15) is 17.7 Å². The van der Waals surface area contributed by atoms with Crippen LogP contribution >= 0.6 is 22.6 Å². The molecule has 0 spiro atoms. The minimum Gasteiger partial charge on any atom is -0.358 e. The molecule has 1 aromatic heterocycles. The summed E-state index contributed by atoms with van der Waals surface area (Å²) in [7, 11) is 0. The molecule has 17 heavy (non-hydrogen) atoms. The third-order valence-corrected chi connectivity index (χ3v) is 2.56. The first-order chi connectivity index (χ1) is 7.64. The SMILES string of the molecule is O=[N+]([O-])c1cc(I)c(C(F)F)c(C(F)(F)F)n1. The number of pyridine rings is 1. The van der Waals surface area contributed by atoms with Gasteiger partial charge in [0.1, 0.15) is 0 Å². The molecule has 0 aliphatic rings. The molecule has 10 heteroatoms. The van der Waals surface area contributed by atoms with Crippen LogP contribution in [-0.2, 0) is 6.18 Å².